The Hall–Kier alpha value is -2.37. The lowest BCUT2D eigenvalue weighted by atomic mass is 10.1. The molecule has 1 aromatic rings. The van der Waals surface area contributed by atoms with Crippen molar-refractivity contribution >= 4 is 23.4 Å². The molecule has 23 heavy (non-hydrogen) atoms. The summed E-state index contributed by atoms with van der Waals surface area (Å²) in [5, 5.41) is 2.80. The molecule has 1 atom stereocenters. The van der Waals surface area contributed by atoms with Crippen molar-refractivity contribution in [3.8, 4) is 0 Å². The molecule has 2 aliphatic rings. The van der Waals surface area contributed by atoms with Gasteiger partial charge in [0.1, 0.15) is 12.6 Å². The number of anilines is 1. The van der Waals surface area contributed by atoms with Gasteiger partial charge < -0.3 is 15.1 Å². The first-order valence-electron chi connectivity index (χ1n) is 8.00. The molecule has 1 fully saturated rings. The predicted molar refractivity (Wildman–Crippen MR) is 86.1 cm³/mol. The zero-order valence-electron chi connectivity index (χ0n) is 13.4. The van der Waals surface area contributed by atoms with Crippen molar-refractivity contribution in [2.45, 2.75) is 38.8 Å². The number of nitrogens with one attached hydrogen (secondary N) is 1. The van der Waals surface area contributed by atoms with E-state index < -0.39 is 6.04 Å². The molecule has 0 radical (unpaired) electrons. The summed E-state index contributed by atoms with van der Waals surface area (Å²) in [6.45, 7) is 4.28. The van der Waals surface area contributed by atoms with Gasteiger partial charge in [0, 0.05) is 12.6 Å². The van der Waals surface area contributed by atoms with Gasteiger partial charge >= 0.3 is 0 Å². The number of carbonyl (C=O) groups excluding carboxylic acids is 3. The van der Waals surface area contributed by atoms with Gasteiger partial charge in [-0.05, 0) is 38.8 Å². The molecule has 0 unspecified atom stereocenters. The highest BCUT2D eigenvalue weighted by molar-refractivity contribution is 6.12. The summed E-state index contributed by atoms with van der Waals surface area (Å²) in [7, 11) is 0. The summed E-state index contributed by atoms with van der Waals surface area (Å²) >= 11 is 0. The second-order valence-corrected chi connectivity index (χ2v) is 6.32. The van der Waals surface area contributed by atoms with Crippen molar-refractivity contribution < 1.29 is 14.4 Å². The molecule has 6 heteroatoms. The molecular formula is C17H21N3O3. The van der Waals surface area contributed by atoms with Gasteiger partial charge in [-0.15, -0.1) is 0 Å². The van der Waals surface area contributed by atoms with Crippen LogP contribution in [0.3, 0.4) is 0 Å². The minimum atomic E-state index is -0.457. The van der Waals surface area contributed by atoms with Gasteiger partial charge in [0.2, 0.25) is 11.8 Å². The van der Waals surface area contributed by atoms with Crippen LogP contribution < -0.4 is 10.2 Å². The Morgan fingerprint density at radius 2 is 2.04 bits per heavy atom. The third-order valence-electron chi connectivity index (χ3n) is 4.24. The van der Waals surface area contributed by atoms with Crippen molar-refractivity contribution in [3.05, 3.63) is 29.8 Å². The van der Waals surface area contributed by atoms with E-state index in [4.69, 9.17) is 0 Å². The second kappa shape index (κ2) is 6.02. The van der Waals surface area contributed by atoms with E-state index in [1.165, 1.54) is 4.90 Å². The molecular weight excluding hydrogens is 294 g/mol. The maximum atomic E-state index is 12.9. The number of amides is 3. The minimum absolute atomic E-state index is 0.00411. The molecule has 3 rings (SSSR count). The maximum Gasteiger partial charge on any atom is 0.256 e. The van der Waals surface area contributed by atoms with Gasteiger partial charge in [0.25, 0.3) is 5.91 Å². The number of nitrogens with zero attached hydrogens (tertiary/aromatic N) is 2. The van der Waals surface area contributed by atoms with Crippen molar-refractivity contribution in [1.29, 1.82) is 0 Å². The van der Waals surface area contributed by atoms with Crippen LogP contribution in [0.25, 0.3) is 0 Å². The van der Waals surface area contributed by atoms with Gasteiger partial charge in [0.05, 0.1) is 11.3 Å². The molecule has 1 saturated heterocycles. The Morgan fingerprint density at radius 1 is 1.30 bits per heavy atom. The van der Waals surface area contributed by atoms with E-state index in [0.717, 1.165) is 6.42 Å². The summed E-state index contributed by atoms with van der Waals surface area (Å²) in [5.74, 6) is -0.509. The molecule has 1 N–H and O–H groups in total. The topological polar surface area (TPSA) is 69.7 Å². The number of hydrogen-bond acceptors (Lipinski definition) is 3. The van der Waals surface area contributed by atoms with Crippen LogP contribution >= 0.6 is 0 Å². The molecule has 2 heterocycles. The normalized spacial score (nSPS) is 20.4. The highest BCUT2D eigenvalue weighted by Gasteiger charge is 2.42. The monoisotopic (exact) mass is 315 g/mol. The van der Waals surface area contributed by atoms with Crippen LogP contribution in [0, 0.1) is 0 Å². The summed E-state index contributed by atoms with van der Waals surface area (Å²) in [6, 6.07) is 6.56. The fraction of sp³-hybridized carbons (Fsp3) is 0.471. The maximum absolute atomic E-state index is 12.9. The van der Waals surface area contributed by atoms with Crippen LogP contribution in [0.2, 0.25) is 0 Å². The lowest BCUT2D eigenvalue weighted by molar-refractivity contribution is -0.125. The average Bonchev–Trinajstić information content (AvgIpc) is 2.97. The smallest absolute Gasteiger partial charge is 0.256 e. The second-order valence-electron chi connectivity index (χ2n) is 6.32. The van der Waals surface area contributed by atoms with E-state index >= 15 is 0 Å². The quantitative estimate of drug-likeness (QED) is 0.910. The van der Waals surface area contributed by atoms with Gasteiger partial charge in [-0.25, -0.2) is 0 Å². The summed E-state index contributed by atoms with van der Waals surface area (Å²) < 4.78 is 0. The Balaban J connectivity index is 1.99. The third-order valence-corrected chi connectivity index (χ3v) is 4.24. The van der Waals surface area contributed by atoms with Crippen molar-refractivity contribution in [3.63, 3.8) is 0 Å². The highest BCUT2D eigenvalue weighted by atomic mass is 16.2. The van der Waals surface area contributed by atoms with Crippen molar-refractivity contribution in [2.75, 3.05) is 18.0 Å². The lowest BCUT2D eigenvalue weighted by Gasteiger charge is -2.25. The number of rotatable bonds is 3. The largest absolute Gasteiger partial charge is 0.352 e. The first kappa shape index (κ1) is 15.5. The molecule has 0 saturated carbocycles. The number of benzene rings is 1. The van der Waals surface area contributed by atoms with E-state index in [1.54, 1.807) is 29.2 Å². The van der Waals surface area contributed by atoms with E-state index in [2.05, 4.69) is 5.32 Å². The third kappa shape index (κ3) is 2.81. The predicted octanol–water partition coefficient (Wildman–Crippen LogP) is 1.16. The Labute approximate surface area is 135 Å². The molecule has 3 amide bonds. The SMILES string of the molecule is CC(C)NC(=O)CN1C(=O)[C@@H]2CCCN2C(=O)c2ccccc21. The molecule has 0 aliphatic carbocycles. The fourth-order valence-corrected chi connectivity index (χ4v) is 3.28. The number of fused-ring (bicyclic) bond motifs is 2. The molecule has 0 aromatic heterocycles. The molecule has 0 bridgehead atoms. The Morgan fingerprint density at radius 3 is 2.78 bits per heavy atom. The number of para-hydroxylation sites is 1. The lowest BCUT2D eigenvalue weighted by Crippen LogP contribution is -2.48. The molecule has 2 aliphatic heterocycles. The zero-order chi connectivity index (χ0) is 16.6. The average molecular weight is 315 g/mol. The standard InChI is InChI=1S/C17H21N3O3/c1-11(2)18-15(21)10-20-13-7-4-3-6-12(13)16(22)19-9-5-8-14(19)17(20)23/h3-4,6-7,11,14H,5,8-10H2,1-2H3,(H,18,21)/t14-/m0/s1. The van der Waals surface area contributed by atoms with Crippen LogP contribution in [0.1, 0.15) is 37.0 Å². The summed E-state index contributed by atoms with van der Waals surface area (Å²) in [4.78, 5) is 40.9. The summed E-state index contributed by atoms with van der Waals surface area (Å²) in [5.41, 5.74) is 1.01. The van der Waals surface area contributed by atoms with Crippen LogP contribution in [0.15, 0.2) is 24.3 Å². The van der Waals surface area contributed by atoms with Crippen molar-refractivity contribution in [1.82, 2.24) is 10.2 Å². The van der Waals surface area contributed by atoms with E-state index in [0.29, 0.717) is 24.2 Å². The molecule has 6 nitrogen and oxygen atoms in total. The van der Waals surface area contributed by atoms with E-state index in [1.807, 2.05) is 13.8 Å². The first-order valence-corrected chi connectivity index (χ1v) is 8.00. The van der Waals surface area contributed by atoms with Gasteiger partial charge in [-0.2, -0.15) is 0 Å². The van der Waals surface area contributed by atoms with Crippen LogP contribution in [-0.2, 0) is 9.59 Å². The van der Waals surface area contributed by atoms with Gasteiger partial charge in [-0.1, -0.05) is 12.1 Å². The van der Waals surface area contributed by atoms with Gasteiger partial charge in [-0.3, -0.25) is 14.4 Å². The Bertz CT molecular complexity index is 656. The fourth-order valence-electron chi connectivity index (χ4n) is 3.28. The highest BCUT2D eigenvalue weighted by Crippen LogP contribution is 2.32. The first-order chi connectivity index (χ1) is 11.0. The minimum Gasteiger partial charge on any atom is -0.352 e. The van der Waals surface area contributed by atoms with Crippen LogP contribution in [0.5, 0.6) is 0 Å². The molecule has 122 valence electrons. The Kier molecular flexibility index (Phi) is 4.07. The van der Waals surface area contributed by atoms with E-state index in [-0.39, 0.29) is 30.3 Å². The zero-order valence-corrected chi connectivity index (χ0v) is 13.4. The van der Waals surface area contributed by atoms with Crippen LogP contribution in [-0.4, -0.2) is 47.8 Å². The molecule has 0 spiro atoms. The van der Waals surface area contributed by atoms with E-state index in [9.17, 15) is 14.4 Å². The van der Waals surface area contributed by atoms with Crippen molar-refractivity contribution in [2.24, 2.45) is 0 Å². The number of hydrogen-bond donors (Lipinski definition) is 1. The van der Waals surface area contributed by atoms with Crippen LogP contribution in [0.4, 0.5) is 5.69 Å². The molecule has 1 aromatic carbocycles. The van der Waals surface area contributed by atoms with Gasteiger partial charge in [0.15, 0.2) is 0 Å². The number of carbonyl (C=O) groups is 3. The summed E-state index contributed by atoms with van der Waals surface area (Å²) in [6.07, 6.45) is 1.47.